The van der Waals surface area contributed by atoms with Crippen molar-refractivity contribution in [1.29, 1.82) is 0 Å². The van der Waals surface area contributed by atoms with Gasteiger partial charge in [-0.3, -0.25) is 8.37 Å². The van der Waals surface area contributed by atoms with Crippen molar-refractivity contribution in [3.63, 3.8) is 0 Å². The second kappa shape index (κ2) is 26.4. The minimum atomic E-state index is -4.66. The zero-order chi connectivity index (χ0) is 52.1. The largest absolute Gasteiger partial charge is 0.408 e. The SMILES string of the molecule is CCCCCCCCO[C@H]1O[C@H](COCc2ccccc2)[C@@H](O[C@H]2O[C@H](COCc3ccccc3)[C@@H](O[Si](C)(C)C(C)(C)C)[C@H](O)[C@@H]2OS(=O)(=O)c2ccc(C)cc2)[C@H](O)[C@@H]1OS(=O)(=O)c1ccc(C)cc1. The van der Waals surface area contributed by atoms with E-state index in [1.54, 1.807) is 24.3 Å². The van der Waals surface area contributed by atoms with Gasteiger partial charge in [-0.15, -0.1) is 0 Å². The van der Waals surface area contributed by atoms with E-state index in [9.17, 15) is 27.0 Å². The van der Waals surface area contributed by atoms with Crippen molar-refractivity contribution in [1.82, 2.24) is 0 Å². The Balaban J connectivity index is 1.40. The summed E-state index contributed by atoms with van der Waals surface area (Å²) in [4.78, 5) is -0.358. The molecular weight excluding hydrogens is 981 g/mol. The molecule has 4 aromatic rings. The highest BCUT2D eigenvalue weighted by Crippen LogP contribution is 2.41. The van der Waals surface area contributed by atoms with Crippen LogP contribution in [0.25, 0.3) is 0 Å². The van der Waals surface area contributed by atoms with Crippen LogP contribution >= 0.6 is 0 Å². The number of aryl methyl sites for hydroxylation is 2. The predicted octanol–water partition coefficient (Wildman–Crippen LogP) is 8.91. The van der Waals surface area contributed by atoms with E-state index in [4.69, 9.17) is 41.2 Å². The molecule has 15 nitrogen and oxygen atoms in total. The van der Waals surface area contributed by atoms with Crippen molar-refractivity contribution < 1.29 is 68.3 Å². The van der Waals surface area contributed by atoms with Gasteiger partial charge in [0.1, 0.15) is 36.6 Å². The fraction of sp³-hybridized carbons (Fsp3) is 0.556. The van der Waals surface area contributed by atoms with Crippen molar-refractivity contribution in [3.05, 3.63) is 131 Å². The summed E-state index contributed by atoms with van der Waals surface area (Å²) in [7, 11) is -12.0. The van der Waals surface area contributed by atoms with Gasteiger partial charge in [0, 0.05) is 6.61 Å². The molecule has 10 atom stereocenters. The Morgan fingerprint density at radius 1 is 0.569 bits per heavy atom. The van der Waals surface area contributed by atoms with Crippen LogP contribution in [0.4, 0.5) is 0 Å². The van der Waals surface area contributed by atoms with Gasteiger partial charge in [0.15, 0.2) is 33.1 Å². The molecule has 0 aliphatic carbocycles. The number of ether oxygens (including phenoxy) is 6. The average molecular weight is 1060 g/mol. The molecule has 2 aliphatic rings. The maximum Gasteiger partial charge on any atom is 0.297 e. The highest BCUT2D eigenvalue weighted by Gasteiger charge is 2.56. The van der Waals surface area contributed by atoms with Crippen LogP contribution in [0, 0.1) is 13.8 Å². The number of hydrogen-bond donors (Lipinski definition) is 2. The van der Waals surface area contributed by atoms with Gasteiger partial charge in [0.05, 0.1) is 36.2 Å². The molecule has 6 rings (SSSR count). The molecule has 0 aromatic heterocycles. The molecule has 2 heterocycles. The van der Waals surface area contributed by atoms with Gasteiger partial charge in [-0.05, 0) is 73.8 Å². The first kappa shape index (κ1) is 57.8. The first-order chi connectivity index (χ1) is 34.2. The lowest BCUT2D eigenvalue weighted by molar-refractivity contribution is -0.354. The monoisotopic (exact) mass is 1060 g/mol. The predicted molar refractivity (Wildman–Crippen MR) is 274 cm³/mol. The highest BCUT2D eigenvalue weighted by molar-refractivity contribution is 7.87. The van der Waals surface area contributed by atoms with E-state index in [1.807, 2.05) is 108 Å². The summed E-state index contributed by atoms with van der Waals surface area (Å²) in [5.74, 6) is 0. The Kier molecular flexibility index (Phi) is 21.2. The second-order valence-corrected chi connectivity index (χ2v) is 28.2. The summed E-state index contributed by atoms with van der Waals surface area (Å²) in [6.45, 7) is 15.9. The normalized spacial score (nSPS) is 25.4. The minimum absolute atomic E-state index is 0.126. The number of benzene rings is 4. The smallest absolute Gasteiger partial charge is 0.297 e. The standard InChI is InChI=1S/C54H76O15S2Si/c1-9-10-11-12-13-20-33-63-52-50(67-70(57,58)42-29-25-38(2)26-30-42)46(55)48(44(64-52)36-61-34-40-21-16-14-17-22-40)66-53-51(68-71(59,60)43-31-27-39(3)28-32-43)47(56)49(69-72(7,8)54(4,5)6)45(65-53)37-62-35-41-23-18-15-19-24-41/h14-19,21-32,44-53,55-56H,9-13,20,33-37H2,1-8H3/t44-,45-,46+,47+,48-,49-,50+,51+,52+,53-/m1/s1. The van der Waals surface area contributed by atoms with Gasteiger partial charge in [-0.1, -0.05) is 156 Å². The van der Waals surface area contributed by atoms with Crippen molar-refractivity contribution in [2.45, 2.75) is 183 Å². The molecule has 18 heteroatoms. The molecule has 0 radical (unpaired) electrons. The van der Waals surface area contributed by atoms with E-state index < -0.39 is 90.0 Å². The van der Waals surface area contributed by atoms with Gasteiger partial charge < -0.3 is 43.1 Å². The Hall–Kier alpha value is -3.44. The lowest BCUT2D eigenvalue weighted by Crippen LogP contribution is -2.67. The number of aliphatic hydroxyl groups is 2. The van der Waals surface area contributed by atoms with Crippen LogP contribution < -0.4 is 0 Å². The summed E-state index contributed by atoms with van der Waals surface area (Å²) in [6, 6.07) is 30.9. The quantitative estimate of drug-likeness (QED) is 0.0344. The molecule has 398 valence electrons. The van der Waals surface area contributed by atoms with Crippen molar-refractivity contribution in [2.75, 3.05) is 19.8 Å². The first-order valence-corrected chi connectivity index (χ1v) is 30.8. The van der Waals surface area contributed by atoms with Crippen LogP contribution in [0.5, 0.6) is 0 Å². The third-order valence-corrected chi connectivity index (χ3v) is 20.5. The molecule has 2 aliphatic heterocycles. The van der Waals surface area contributed by atoms with Crippen LogP contribution in [0.15, 0.2) is 119 Å². The number of hydrogen-bond acceptors (Lipinski definition) is 15. The van der Waals surface area contributed by atoms with Crippen molar-refractivity contribution in [3.8, 4) is 0 Å². The average Bonchev–Trinajstić information content (AvgIpc) is 3.33. The second-order valence-electron chi connectivity index (χ2n) is 20.3. The van der Waals surface area contributed by atoms with Crippen LogP contribution in [0.2, 0.25) is 18.1 Å². The fourth-order valence-electron chi connectivity index (χ4n) is 8.12. The lowest BCUT2D eigenvalue weighted by Gasteiger charge is -2.50. The van der Waals surface area contributed by atoms with Crippen molar-refractivity contribution in [2.24, 2.45) is 0 Å². The Morgan fingerprint density at radius 3 is 1.49 bits per heavy atom. The zero-order valence-electron chi connectivity index (χ0n) is 43.0. The molecule has 2 saturated heterocycles. The van der Waals surface area contributed by atoms with E-state index in [0.29, 0.717) is 6.42 Å². The summed E-state index contributed by atoms with van der Waals surface area (Å²) >= 11 is 0. The first-order valence-electron chi connectivity index (χ1n) is 25.0. The Morgan fingerprint density at radius 2 is 1.00 bits per heavy atom. The van der Waals surface area contributed by atoms with Crippen molar-refractivity contribution >= 4 is 28.6 Å². The zero-order valence-corrected chi connectivity index (χ0v) is 45.6. The molecule has 72 heavy (non-hydrogen) atoms. The van der Waals surface area contributed by atoms with E-state index >= 15 is 0 Å². The van der Waals surface area contributed by atoms with Gasteiger partial charge >= 0.3 is 0 Å². The molecule has 2 N–H and O–H groups in total. The van der Waals surface area contributed by atoms with Crippen LogP contribution in [0.1, 0.15) is 88.5 Å². The summed E-state index contributed by atoms with van der Waals surface area (Å²) < 4.78 is 114. The number of aliphatic hydroxyl groups excluding tert-OH is 2. The number of unbranched alkanes of at least 4 members (excludes halogenated alkanes) is 5. The summed E-state index contributed by atoms with van der Waals surface area (Å²) in [5, 5.41) is 24.9. The molecule has 4 aromatic carbocycles. The van der Waals surface area contributed by atoms with Gasteiger partial charge in [0.25, 0.3) is 20.2 Å². The van der Waals surface area contributed by atoms with Gasteiger partial charge in [-0.25, -0.2) is 0 Å². The van der Waals surface area contributed by atoms with E-state index in [1.165, 1.54) is 24.3 Å². The Labute approximate surface area is 428 Å². The Bertz CT molecular complexity index is 2460. The van der Waals surface area contributed by atoms with E-state index in [2.05, 4.69) is 6.92 Å². The third-order valence-electron chi connectivity index (χ3n) is 13.4. The lowest BCUT2D eigenvalue weighted by atomic mass is 9.97. The minimum Gasteiger partial charge on any atom is -0.408 e. The van der Waals surface area contributed by atoms with E-state index in [0.717, 1.165) is 54.4 Å². The highest BCUT2D eigenvalue weighted by atomic mass is 32.2. The molecule has 0 spiro atoms. The molecule has 0 bridgehead atoms. The molecule has 0 amide bonds. The molecule has 0 saturated carbocycles. The molecule has 0 unspecified atom stereocenters. The summed E-state index contributed by atoms with van der Waals surface area (Å²) in [5.41, 5.74) is 3.33. The van der Waals surface area contributed by atoms with E-state index in [-0.39, 0.29) is 47.9 Å². The number of rotatable bonds is 26. The molecule has 2 fully saturated rings. The van der Waals surface area contributed by atoms with Gasteiger partial charge in [0.2, 0.25) is 0 Å². The summed E-state index contributed by atoms with van der Waals surface area (Å²) in [6.07, 6.45) is -9.77. The third kappa shape index (κ3) is 16.0. The van der Waals surface area contributed by atoms with Gasteiger partial charge in [-0.2, -0.15) is 16.8 Å². The van der Waals surface area contributed by atoms with Crippen LogP contribution in [0.3, 0.4) is 0 Å². The van der Waals surface area contributed by atoms with Crippen LogP contribution in [-0.4, -0.2) is 117 Å². The maximum atomic E-state index is 14.3. The topological polar surface area (TPSA) is 192 Å². The van der Waals surface area contributed by atoms with Crippen LogP contribution in [-0.2, 0) is 74.7 Å². The molecular formula is C54H76O15S2Si. The maximum absolute atomic E-state index is 14.3. The fourth-order valence-corrected chi connectivity index (χ4v) is 11.6.